The normalized spacial score (nSPS) is 40.6. The number of halogens is 4. The van der Waals surface area contributed by atoms with E-state index in [2.05, 4.69) is 46.8 Å². The second-order valence-corrected chi connectivity index (χ2v) is 15.7. The van der Waals surface area contributed by atoms with Crippen molar-refractivity contribution >= 4 is 39.4 Å². The molecule has 226 valence electrons. The fourth-order valence-electron chi connectivity index (χ4n) is 10.2. The van der Waals surface area contributed by atoms with Gasteiger partial charge in [-0.2, -0.15) is 13.2 Å². The van der Waals surface area contributed by atoms with Crippen molar-refractivity contribution in [2.24, 2.45) is 39.9 Å². The molecular weight excluding hydrogens is 646 g/mol. The zero-order valence-corrected chi connectivity index (χ0v) is 26.6. The van der Waals surface area contributed by atoms with Crippen molar-refractivity contribution in [1.29, 1.82) is 0 Å². The van der Waals surface area contributed by atoms with E-state index in [4.69, 9.17) is 9.47 Å². The van der Waals surface area contributed by atoms with Crippen molar-refractivity contribution < 1.29 is 27.4 Å². The maximum atomic E-state index is 14.0. The summed E-state index contributed by atoms with van der Waals surface area (Å²) in [5.74, 6) is -0.0374. The highest BCUT2D eigenvalue weighted by molar-refractivity contribution is 14.1. The number of aromatic nitrogens is 3. The van der Waals surface area contributed by atoms with E-state index in [1.54, 1.807) is 18.9 Å². The number of ketones is 1. The van der Waals surface area contributed by atoms with Crippen LogP contribution in [0.15, 0.2) is 18.2 Å². The fourth-order valence-corrected chi connectivity index (χ4v) is 12.3. The number of ether oxygens (including phenoxy) is 2. The SMILES string of the molecule is COC[C@]12CC[C@H](C(F)(F)F)C[C@H]1CC[C@H]1[C@]3(C)CC[C@H](C(=O)Cn4nnc5cc(OC)ccc54)[C@@]3(C)CC[C@@]12I. The van der Waals surface area contributed by atoms with Gasteiger partial charge in [0, 0.05) is 27.9 Å². The van der Waals surface area contributed by atoms with Crippen LogP contribution >= 0.6 is 22.6 Å². The lowest BCUT2D eigenvalue weighted by molar-refractivity contribution is -0.215. The molecule has 4 fully saturated rings. The lowest BCUT2D eigenvalue weighted by atomic mass is 9.40. The number of benzene rings is 1. The van der Waals surface area contributed by atoms with Gasteiger partial charge in [0.05, 0.1) is 25.2 Å². The molecule has 4 aliphatic carbocycles. The summed E-state index contributed by atoms with van der Waals surface area (Å²) in [7, 11) is 3.31. The molecule has 0 amide bonds. The third kappa shape index (κ3) is 4.22. The molecule has 2 aromatic rings. The Labute approximate surface area is 253 Å². The minimum Gasteiger partial charge on any atom is -0.497 e. The highest BCUT2D eigenvalue weighted by atomic mass is 127. The number of hydrogen-bond acceptors (Lipinski definition) is 5. The predicted octanol–water partition coefficient (Wildman–Crippen LogP) is 7.42. The second-order valence-electron chi connectivity index (χ2n) is 13.8. The van der Waals surface area contributed by atoms with Crippen LogP contribution in [-0.2, 0) is 16.1 Å². The summed E-state index contributed by atoms with van der Waals surface area (Å²) in [5, 5.41) is 8.56. The molecule has 4 aliphatic rings. The number of methoxy groups -OCH3 is 2. The topological polar surface area (TPSA) is 66.2 Å². The van der Waals surface area contributed by atoms with Gasteiger partial charge in [0.1, 0.15) is 17.8 Å². The zero-order valence-electron chi connectivity index (χ0n) is 24.4. The molecule has 0 N–H and O–H groups in total. The average Bonchev–Trinajstić information content (AvgIpc) is 3.45. The Hall–Kier alpha value is -1.43. The first kappa shape index (κ1) is 29.6. The summed E-state index contributed by atoms with van der Waals surface area (Å²) in [6.45, 7) is 5.41. The van der Waals surface area contributed by atoms with Crippen LogP contribution in [0.3, 0.4) is 0 Å². The fraction of sp³-hybridized carbons (Fsp3) is 0.774. The third-order valence-corrected chi connectivity index (χ3v) is 14.9. The highest BCUT2D eigenvalue weighted by Crippen LogP contribution is 2.76. The maximum absolute atomic E-state index is 14.0. The van der Waals surface area contributed by atoms with E-state index >= 15 is 0 Å². The number of alkyl halides is 4. The Morgan fingerprint density at radius 1 is 1.07 bits per heavy atom. The molecule has 6 nitrogen and oxygen atoms in total. The Kier molecular flexibility index (Phi) is 7.27. The largest absolute Gasteiger partial charge is 0.497 e. The lowest BCUT2D eigenvalue weighted by Gasteiger charge is -2.69. The van der Waals surface area contributed by atoms with Crippen LogP contribution < -0.4 is 4.74 Å². The van der Waals surface area contributed by atoms with Gasteiger partial charge in [0.2, 0.25) is 0 Å². The first-order valence-electron chi connectivity index (χ1n) is 15.0. The van der Waals surface area contributed by atoms with Crippen molar-refractivity contribution in [3.8, 4) is 5.75 Å². The number of carbonyl (C=O) groups excluding carboxylic acids is 1. The molecule has 0 spiro atoms. The summed E-state index contributed by atoms with van der Waals surface area (Å²) in [5.41, 5.74) is 1.01. The van der Waals surface area contributed by atoms with Gasteiger partial charge in [-0.3, -0.25) is 4.79 Å². The van der Waals surface area contributed by atoms with Crippen molar-refractivity contribution in [3.05, 3.63) is 18.2 Å². The third-order valence-electron chi connectivity index (χ3n) is 12.6. The monoisotopic (exact) mass is 687 g/mol. The molecule has 0 saturated heterocycles. The molecule has 6 rings (SSSR count). The summed E-state index contributed by atoms with van der Waals surface area (Å²) < 4.78 is 54.2. The molecule has 0 bridgehead atoms. The molecule has 0 unspecified atom stereocenters. The van der Waals surface area contributed by atoms with Crippen LogP contribution in [0.5, 0.6) is 5.75 Å². The minimum absolute atomic E-state index is 0.0157. The van der Waals surface area contributed by atoms with E-state index < -0.39 is 12.1 Å². The van der Waals surface area contributed by atoms with Crippen molar-refractivity contribution in [2.75, 3.05) is 20.8 Å². The first-order chi connectivity index (χ1) is 19.3. The Balaban J connectivity index is 1.28. The molecular formula is C31H41F3IN3O3. The number of nitrogens with zero attached hydrogens (tertiary/aromatic N) is 3. The van der Waals surface area contributed by atoms with Gasteiger partial charge in [0.25, 0.3) is 0 Å². The van der Waals surface area contributed by atoms with Gasteiger partial charge in [-0.15, -0.1) is 5.10 Å². The average molecular weight is 688 g/mol. The van der Waals surface area contributed by atoms with E-state index in [9.17, 15) is 18.0 Å². The number of carbonyl (C=O) groups is 1. The van der Waals surface area contributed by atoms with E-state index in [0.717, 1.165) is 44.0 Å². The zero-order chi connectivity index (χ0) is 29.4. The molecule has 10 heteroatoms. The van der Waals surface area contributed by atoms with E-state index in [0.29, 0.717) is 30.2 Å². The number of fused-ring (bicyclic) bond motifs is 6. The van der Waals surface area contributed by atoms with E-state index in [1.807, 2.05) is 18.2 Å². The van der Waals surface area contributed by atoms with E-state index in [1.165, 1.54) is 0 Å². The summed E-state index contributed by atoms with van der Waals surface area (Å²) in [6.07, 6.45) is 2.18. The summed E-state index contributed by atoms with van der Waals surface area (Å²) in [4.78, 5) is 14.0. The molecule has 1 heterocycles. The standard InChI is InChI=1S/C31H41F3IN3O3/c1-27-13-14-30(35)26(8-5-19-15-20(31(32,33)34)9-12-29(19,30)18-40-3)28(27,2)11-10-22(27)25(39)17-38-24-7-6-21(41-4)16-23(24)36-37-38/h6-7,16,19-20,22,26H,5,8-15,17-18H2,1-4H3/t19-,20+,22-,26+,27-,28+,29-,30-/m1/s1. The number of Topliss-reactive ketones (excluding diaryl/α,β-unsaturated/α-hetero) is 1. The Morgan fingerprint density at radius 2 is 1.85 bits per heavy atom. The molecule has 0 radical (unpaired) electrons. The molecule has 8 atom stereocenters. The smallest absolute Gasteiger partial charge is 0.391 e. The molecule has 1 aromatic carbocycles. The minimum atomic E-state index is -4.13. The van der Waals surface area contributed by atoms with Gasteiger partial charge in [-0.1, -0.05) is 41.7 Å². The Morgan fingerprint density at radius 3 is 2.56 bits per heavy atom. The van der Waals surface area contributed by atoms with Gasteiger partial charge in [-0.05, 0) is 92.6 Å². The van der Waals surface area contributed by atoms with Gasteiger partial charge < -0.3 is 9.47 Å². The summed E-state index contributed by atoms with van der Waals surface area (Å²) >= 11 is 2.68. The molecule has 4 saturated carbocycles. The van der Waals surface area contributed by atoms with Gasteiger partial charge in [0.15, 0.2) is 5.78 Å². The second kappa shape index (κ2) is 10.1. The molecule has 1 aromatic heterocycles. The number of rotatable bonds is 6. The first-order valence-corrected chi connectivity index (χ1v) is 16.1. The quantitative estimate of drug-likeness (QED) is 0.234. The summed E-state index contributed by atoms with van der Waals surface area (Å²) in [6, 6.07) is 5.58. The van der Waals surface area contributed by atoms with Crippen molar-refractivity contribution in [3.63, 3.8) is 0 Å². The van der Waals surface area contributed by atoms with Crippen molar-refractivity contribution in [2.45, 2.75) is 87.8 Å². The number of hydrogen-bond donors (Lipinski definition) is 0. The van der Waals surface area contributed by atoms with Gasteiger partial charge >= 0.3 is 6.18 Å². The Bertz CT molecular complexity index is 1330. The van der Waals surface area contributed by atoms with Gasteiger partial charge in [-0.25, -0.2) is 4.68 Å². The van der Waals surface area contributed by atoms with Crippen LogP contribution in [0.25, 0.3) is 11.0 Å². The van der Waals surface area contributed by atoms with Crippen LogP contribution in [0.2, 0.25) is 0 Å². The van der Waals surface area contributed by atoms with Crippen molar-refractivity contribution in [1.82, 2.24) is 15.0 Å². The highest BCUT2D eigenvalue weighted by Gasteiger charge is 2.72. The van der Waals surface area contributed by atoms with E-state index in [-0.39, 0.29) is 56.7 Å². The maximum Gasteiger partial charge on any atom is 0.391 e. The molecule has 0 aliphatic heterocycles. The van der Waals surface area contributed by atoms with Crippen LogP contribution in [0, 0.1) is 39.9 Å². The van der Waals surface area contributed by atoms with Crippen LogP contribution in [-0.4, -0.2) is 51.2 Å². The lowest BCUT2D eigenvalue weighted by Crippen LogP contribution is -2.67. The molecule has 41 heavy (non-hydrogen) atoms. The van der Waals surface area contributed by atoms with Crippen LogP contribution in [0.1, 0.15) is 71.6 Å². The van der Waals surface area contributed by atoms with Crippen LogP contribution in [0.4, 0.5) is 13.2 Å². The predicted molar refractivity (Wildman–Crippen MR) is 158 cm³/mol.